The van der Waals surface area contributed by atoms with E-state index >= 15 is 0 Å². The molecule has 0 radical (unpaired) electrons. The van der Waals surface area contributed by atoms with Crippen LogP contribution in [0.15, 0.2) is 265 Å². The van der Waals surface area contributed by atoms with Crippen LogP contribution in [0.25, 0.3) is 33.4 Å². The minimum Gasteiger partial charge on any atom is -0.492 e. The average molecular weight is 1100 g/mol. The Bertz CT molecular complexity index is 3620. The maximum absolute atomic E-state index is 10.5. The molecule has 2 atom stereocenters. The molecule has 0 aromatic heterocycles. The predicted molar refractivity (Wildman–Crippen MR) is 327 cm³/mol. The summed E-state index contributed by atoms with van der Waals surface area (Å²) in [5.41, 5.74) is 12.9. The minimum atomic E-state index is -1.04. The summed E-state index contributed by atoms with van der Waals surface area (Å²) in [5, 5.41) is 40.6. The van der Waals surface area contributed by atoms with Crippen LogP contribution in [0.4, 0.5) is 0 Å². The highest BCUT2D eigenvalue weighted by atomic mass is 16.5. The van der Waals surface area contributed by atoms with Crippen molar-refractivity contribution in [3.63, 3.8) is 0 Å². The van der Waals surface area contributed by atoms with Crippen molar-refractivity contribution in [2.45, 2.75) is 30.1 Å². The van der Waals surface area contributed by atoms with Gasteiger partial charge in [0.1, 0.15) is 49.4 Å². The summed E-state index contributed by atoms with van der Waals surface area (Å²) in [6.45, 7) is 4.63. The van der Waals surface area contributed by atoms with E-state index < -0.39 is 27.1 Å². The number of ether oxygens (including phenoxy) is 4. The van der Waals surface area contributed by atoms with Crippen molar-refractivity contribution in [2.24, 2.45) is 10.8 Å². The molecular weight excluding hydrogens is 1030 g/mol. The van der Waals surface area contributed by atoms with Crippen molar-refractivity contribution in [3.05, 3.63) is 310 Å². The van der Waals surface area contributed by atoms with Gasteiger partial charge in [0.2, 0.25) is 0 Å². The lowest BCUT2D eigenvalue weighted by atomic mass is 9.53. The molecule has 0 saturated carbocycles. The lowest BCUT2D eigenvalue weighted by Crippen LogP contribution is -2.44. The van der Waals surface area contributed by atoms with Gasteiger partial charge in [0.25, 0.3) is 0 Å². The number of aliphatic hydroxyl groups is 4. The van der Waals surface area contributed by atoms with E-state index in [4.69, 9.17) is 18.9 Å². The van der Waals surface area contributed by atoms with Crippen LogP contribution in [0.2, 0.25) is 0 Å². The summed E-state index contributed by atoms with van der Waals surface area (Å²) < 4.78 is 25.5. The normalized spacial score (nSPS) is 19.7. The monoisotopic (exact) mass is 1090 g/mol. The molecule has 0 spiro atoms. The molecule has 5 aliphatic rings. The molecule has 8 heteroatoms. The van der Waals surface area contributed by atoms with Gasteiger partial charge < -0.3 is 39.4 Å². The van der Waals surface area contributed by atoms with Crippen LogP contribution in [-0.2, 0) is 25.7 Å². The highest BCUT2D eigenvalue weighted by Crippen LogP contribution is 2.68. The van der Waals surface area contributed by atoms with Crippen molar-refractivity contribution in [3.8, 4) is 44.9 Å². The largest absolute Gasteiger partial charge is 0.492 e. The topological polar surface area (TPSA) is 118 Å². The van der Waals surface area contributed by atoms with Crippen LogP contribution in [-0.4, -0.2) is 73.3 Å². The molecule has 8 aromatic carbocycles. The van der Waals surface area contributed by atoms with Gasteiger partial charge in [0.05, 0.1) is 42.7 Å². The van der Waals surface area contributed by atoms with Gasteiger partial charge in [-0.3, -0.25) is 0 Å². The summed E-state index contributed by atoms with van der Waals surface area (Å²) in [4.78, 5) is 0. The molecule has 2 unspecified atom stereocenters. The van der Waals surface area contributed by atoms with Gasteiger partial charge in [-0.25, -0.2) is 0 Å². The number of rotatable bonds is 18. The fourth-order valence-corrected chi connectivity index (χ4v) is 15.1. The third-order valence-corrected chi connectivity index (χ3v) is 18.0. The lowest BCUT2D eigenvalue weighted by molar-refractivity contribution is 0.149. The molecule has 8 nitrogen and oxygen atoms in total. The molecule has 0 bridgehead atoms. The summed E-state index contributed by atoms with van der Waals surface area (Å²) >= 11 is 0. The second-order valence-corrected chi connectivity index (χ2v) is 22.4. The maximum Gasteiger partial charge on any atom is 0.119 e. The number of hydrogen-bond acceptors (Lipinski definition) is 8. The first-order valence-corrected chi connectivity index (χ1v) is 28.7. The Morgan fingerprint density at radius 3 is 0.892 bits per heavy atom. The Morgan fingerprint density at radius 2 is 0.578 bits per heavy atom. The van der Waals surface area contributed by atoms with Crippen molar-refractivity contribution in [2.75, 3.05) is 52.9 Å². The Labute approximate surface area is 485 Å². The lowest BCUT2D eigenvalue weighted by Gasteiger charge is -2.48. The summed E-state index contributed by atoms with van der Waals surface area (Å²) in [5.74, 6) is 2.55. The van der Waals surface area contributed by atoms with Gasteiger partial charge in [-0.05, 0) is 138 Å². The molecule has 13 rings (SSSR count). The van der Waals surface area contributed by atoms with E-state index in [9.17, 15) is 20.4 Å². The van der Waals surface area contributed by atoms with E-state index in [0.29, 0.717) is 23.0 Å². The summed E-state index contributed by atoms with van der Waals surface area (Å²) in [6.07, 6.45) is 18.2. The highest BCUT2D eigenvalue weighted by molar-refractivity contribution is 5.90. The Kier molecular flexibility index (Phi) is 13.9. The minimum absolute atomic E-state index is 0.0869. The number of allylic oxidation sites excluding steroid dienone is 10. The van der Waals surface area contributed by atoms with Crippen molar-refractivity contribution >= 4 is 0 Å². The van der Waals surface area contributed by atoms with Crippen LogP contribution >= 0.6 is 0 Å². The Hall–Kier alpha value is -8.76. The summed E-state index contributed by atoms with van der Waals surface area (Å²) in [6, 6.07) is 69.3. The first-order chi connectivity index (χ1) is 40.7. The van der Waals surface area contributed by atoms with Crippen LogP contribution < -0.4 is 9.47 Å². The maximum atomic E-state index is 10.5. The standard InChI is InChI=1S/C75H66O8/c1-71(74(51-27-33-55(34-28-51)80-43-39-76)67-23-11-5-17-61(67)62-18-6-12-24-68(62)74)47-53(31-37-57(49-71)82-45-41-78)73(65-21-9-3-15-59(65)60-16-4-10-22-66(60)73)54-32-38-58(83-46-42-79)50-72(2,48-54)75(52-29-35-56(36-30-52)81-44-40-77)69-25-13-7-19-63(69)64-20-8-14-26-70(64)75/h3-38,47-50,76-79H,39-46H2,1-2H3. The van der Waals surface area contributed by atoms with Crippen LogP contribution in [0.3, 0.4) is 0 Å². The smallest absolute Gasteiger partial charge is 0.119 e. The van der Waals surface area contributed by atoms with Gasteiger partial charge >= 0.3 is 0 Å². The van der Waals surface area contributed by atoms with E-state index in [1.807, 2.05) is 24.3 Å². The van der Waals surface area contributed by atoms with Crippen LogP contribution in [0.5, 0.6) is 11.5 Å². The number of aliphatic hydroxyl groups excluding tert-OH is 4. The third kappa shape index (κ3) is 8.17. The number of benzene rings is 8. The molecule has 0 amide bonds. The van der Waals surface area contributed by atoms with E-state index in [2.05, 4.69) is 232 Å². The molecule has 5 aliphatic carbocycles. The van der Waals surface area contributed by atoms with Crippen molar-refractivity contribution < 1.29 is 39.4 Å². The van der Waals surface area contributed by atoms with E-state index in [1.165, 1.54) is 0 Å². The molecule has 83 heavy (non-hydrogen) atoms. The van der Waals surface area contributed by atoms with E-state index in [0.717, 1.165) is 89.0 Å². The Morgan fingerprint density at radius 1 is 0.301 bits per heavy atom. The van der Waals surface area contributed by atoms with E-state index in [-0.39, 0.29) is 52.9 Å². The zero-order valence-electron chi connectivity index (χ0n) is 46.7. The molecule has 0 fully saturated rings. The SMILES string of the molecule is CC1(C2(c3ccc(OCCO)cc3)c3ccccc3-c3ccccc32)C=C(OCCO)C=CC(C2(C3=CC(C)(C4(c5ccc(OCCO)cc5)c5ccccc5-c5ccccc54)C=C(OCCO)C=C3)c3ccccc3-c3ccccc32)=C1. The fourth-order valence-electron chi connectivity index (χ4n) is 15.1. The zero-order valence-corrected chi connectivity index (χ0v) is 46.7. The first-order valence-electron chi connectivity index (χ1n) is 28.7. The van der Waals surface area contributed by atoms with Gasteiger partial charge in [-0.2, -0.15) is 0 Å². The molecule has 0 saturated heterocycles. The molecule has 414 valence electrons. The molecule has 0 aliphatic heterocycles. The zero-order chi connectivity index (χ0) is 56.8. The second-order valence-electron chi connectivity index (χ2n) is 22.4. The number of hydrogen-bond donors (Lipinski definition) is 4. The van der Waals surface area contributed by atoms with Gasteiger partial charge in [-0.15, -0.1) is 0 Å². The molecular formula is C75H66O8. The quantitative estimate of drug-likeness (QED) is 0.0671. The Balaban J connectivity index is 1.16. The van der Waals surface area contributed by atoms with Gasteiger partial charge in [0.15, 0.2) is 0 Å². The second kappa shape index (κ2) is 21.5. The van der Waals surface area contributed by atoms with E-state index in [1.54, 1.807) is 0 Å². The van der Waals surface area contributed by atoms with Crippen molar-refractivity contribution in [1.29, 1.82) is 0 Å². The van der Waals surface area contributed by atoms with Gasteiger partial charge in [-0.1, -0.05) is 208 Å². The number of fused-ring (bicyclic) bond motifs is 9. The predicted octanol–water partition coefficient (Wildman–Crippen LogP) is 13.5. The van der Waals surface area contributed by atoms with Crippen molar-refractivity contribution in [1.82, 2.24) is 0 Å². The molecule has 8 aromatic rings. The average Bonchev–Trinajstić information content (AvgIpc) is 2.67. The third-order valence-electron chi connectivity index (χ3n) is 18.0. The summed E-state index contributed by atoms with van der Waals surface area (Å²) in [7, 11) is 0. The van der Waals surface area contributed by atoms with Crippen LogP contribution in [0.1, 0.15) is 58.4 Å². The molecule has 0 heterocycles. The van der Waals surface area contributed by atoms with Gasteiger partial charge in [0, 0.05) is 10.8 Å². The fraction of sp³-hybridized carbons (Fsp3) is 0.200. The highest BCUT2D eigenvalue weighted by Gasteiger charge is 2.60. The van der Waals surface area contributed by atoms with Crippen LogP contribution in [0, 0.1) is 10.8 Å². The first kappa shape index (κ1) is 53.5. The molecule has 4 N–H and O–H groups in total.